The molecule has 2 unspecified atom stereocenters. The summed E-state index contributed by atoms with van der Waals surface area (Å²) in [5, 5.41) is 14.7. The topological polar surface area (TPSA) is 77.1 Å². The molecule has 25 heavy (non-hydrogen) atoms. The van der Waals surface area contributed by atoms with Gasteiger partial charge in [0.25, 0.3) is 0 Å². The van der Waals surface area contributed by atoms with Gasteiger partial charge in [0.1, 0.15) is 0 Å². The van der Waals surface area contributed by atoms with Crippen LogP contribution in [-0.2, 0) is 0 Å². The van der Waals surface area contributed by atoms with Gasteiger partial charge in [-0.25, -0.2) is 9.97 Å². The van der Waals surface area contributed by atoms with Crippen molar-refractivity contribution < 1.29 is 5.11 Å². The minimum atomic E-state index is 0.0939. The third kappa shape index (κ3) is 2.41. The van der Waals surface area contributed by atoms with Crippen molar-refractivity contribution in [3.63, 3.8) is 0 Å². The number of hydrogen-bond acceptors (Lipinski definition) is 5. The monoisotopic (exact) mass is 399 g/mol. The van der Waals surface area contributed by atoms with E-state index in [4.69, 9.17) is 0 Å². The number of hydrogen-bond donors (Lipinski definition) is 3. The predicted molar refractivity (Wildman–Crippen MR) is 101 cm³/mol. The van der Waals surface area contributed by atoms with Crippen molar-refractivity contribution in [2.75, 3.05) is 31.1 Å². The first-order valence-corrected chi connectivity index (χ1v) is 9.27. The van der Waals surface area contributed by atoms with Gasteiger partial charge in [0.15, 0.2) is 5.82 Å². The highest BCUT2D eigenvalue weighted by molar-refractivity contribution is 9.10. The van der Waals surface area contributed by atoms with Gasteiger partial charge in [-0.1, -0.05) is 12.1 Å². The fraction of sp³-hybridized carbons (Fsp3) is 0.333. The van der Waals surface area contributed by atoms with E-state index in [1.807, 2.05) is 30.6 Å². The standard InChI is InChI=1S/C18H18BrN5O/c19-14-3-1-2-13-15(18(25)23-16(13)14)17-21-6-12(7-22-17)24-8-10-4-20-5-11(10)9-24/h1-3,6-7,10-11,20,23,25H,4-5,8-9H2. The number of anilines is 1. The Bertz CT molecular complexity index is 927. The van der Waals surface area contributed by atoms with Gasteiger partial charge in [-0.3, -0.25) is 0 Å². The van der Waals surface area contributed by atoms with Crippen molar-refractivity contribution in [3.05, 3.63) is 35.1 Å². The summed E-state index contributed by atoms with van der Waals surface area (Å²) < 4.78 is 0.903. The molecule has 6 nitrogen and oxygen atoms in total. The fourth-order valence-corrected chi connectivity index (χ4v) is 4.54. The maximum absolute atomic E-state index is 10.3. The molecule has 7 heteroatoms. The minimum Gasteiger partial charge on any atom is -0.494 e. The summed E-state index contributed by atoms with van der Waals surface area (Å²) in [4.78, 5) is 14.4. The summed E-state index contributed by atoms with van der Waals surface area (Å²) in [6.07, 6.45) is 3.74. The normalized spacial score (nSPS) is 22.7. The van der Waals surface area contributed by atoms with Crippen LogP contribution in [0.2, 0.25) is 0 Å². The lowest BCUT2D eigenvalue weighted by molar-refractivity contribution is 0.460. The highest BCUT2D eigenvalue weighted by Gasteiger charge is 2.36. The molecule has 128 valence electrons. The number of para-hydroxylation sites is 1. The Morgan fingerprint density at radius 2 is 1.84 bits per heavy atom. The van der Waals surface area contributed by atoms with Crippen LogP contribution < -0.4 is 10.2 Å². The van der Waals surface area contributed by atoms with E-state index in [9.17, 15) is 5.11 Å². The number of nitrogens with one attached hydrogen (secondary N) is 2. The largest absolute Gasteiger partial charge is 0.494 e. The number of aromatic hydroxyl groups is 1. The second-order valence-corrected chi connectivity index (χ2v) is 7.71. The lowest BCUT2D eigenvalue weighted by Gasteiger charge is -2.18. The Balaban J connectivity index is 1.48. The first kappa shape index (κ1) is 15.2. The van der Waals surface area contributed by atoms with Crippen LogP contribution in [0, 0.1) is 11.8 Å². The molecule has 4 heterocycles. The van der Waals surface area contributed by atoms with Gasteiger partial charge in [-0.05, 0) is 33.8 Å². The molecule has 2 aromatic heterocycles. The Hall–Kier alpha value is -2.12. The van der Waals surface area contributed by atoms with E-state index in [1.54, 1.807) is 0 Å². The minimum absolute atomic E-state index is 0.0939. The number of fused-ring (bicyclic) bond motifs is 2. The molecule has 0 bridgehead atoms. The summed E-state index contributed by atoms with van der Waals surface area (Å²) in [5.41, 5.74) is 2.55. The van der Waals surface area contributed by atoms with Crippen LogP contribution in [-0.4, -0.2) is 46.2 Å². The van der Waals surface area contributed by atoms with Crippen LogP contribution in [0.5, 0.6) is 5.88 Å². The van der Waals surface area contributed by atoms with Crippen LogP contribution in [0.15, 0.2) is 35.1 Å². The highest BCUT2D eigenvalue weighted by Crippen LogP contribution is 2.38. The van der Waals surface area contributed by atoms with E-state index in [-0.39, 0.29) is 5.88 Å². The van der Waals surface area contributed by atoms with Crippen LogP contribution >= 0.6 is 15.9 Å². The summed E-state index contributed by atoms with van der Waals surface area (Å²) >= 11 is 3.50. The Labute approximate surface area is 153 Å². The van der Waals surface area contributed by atoms with Crippen molar-refractivity contribution in [2.24, 2.45) is 11.8 Å². The van der Waals surface area contributed by atoms with Crippen molar-refractivity contribution in [1.29, 1.82) is 0 Å². The van der Waals surface area contributed by atoms with Gasteiger partial charge in [0.05, 0.1) is 29.2 Å². The van der Waals surface area contributed by atoms with Crippen LogP contribution in [0.3, 0.4) is 0 Å². The zero-order valence-electron chi connectivity index (χ0n) is 13.5. The molecule has 3 N–H and O–H groups in total. The third-order valence-corrected chi connectivity index (χ3v) is 6.04. The molecule has 2 atom stereocenters. The average molecular weight is 400 g/mol. The molecular formula is C18H18BrN5O. The fourth-order valence-electron chi connectivity index (χ4n) is 4.07. The summed E-state index contributed by atoms with van der Waals surface area (Å²) in [7, 11) is 0. The second kappa shape index (κ2) is 5.71. The quantitative estimate of drug-likeness (QED) is 0.617. The van der Waals surface area contributed by atoms with E-state index in [0.29, 0.717) is 11.4 Å². The number of rotatable bonds is 2. The number of benzene rings is 1. The molecule has 2 aliphatic rings. The van der Waals surface area contributed by atoms with E-state index in [1.165, 1.54) is 0 Å². The predicted octanol–water partition coefficient (Wildman–Crippen LogP) is 2.75. The smallest absolute Gasteiger partial charge is 0.200 e. The lowest BCUT2D eigenvalue weighted by atomic mass is 10.0. The molecule has 2 fully saturated rings. The molecule has 1 aromatic carbocycles. The SMILES string of the molecule is Oc1[nH]c2c(Br)cccc2c1-c1ncc(N2CC3CNCC3C2)cn1. The molecule has 2 saturated heterocycles. The number of H-pyrrole nitrogens is 1. The second-order valence-electron chi connectivity index (χ2n) is 6.86. The zero-order valence-corrected chi connectivity index (χ0v) is 15.1. The Morgan fingerprint density at radius 3 is 2.56 bits per heavy atom. The van der Waals surface area contributed by atoms with Gasteiger partial charge >= 0.3 is 0 Å². The molecule has 3 aromatic rings. The van der Waals surface area contributed by atoms with Gasteiger partial charge < -0.3 is 20.3 Å². The molecule has 2 aliphatic heterocycles. The van der Waals surface area contributed by atoms with Crippen LogP contribution in [0.25, 0.3) is 22.3 Å². The van der Waals surface area contributed by atoms with E-state index >= 15 is 0 Å². The van der Waals surface area contributed by atoms with Crippen LogP contribution in [0.4, 0.5) is 5.69 Å². The van der Waals surface area contributed by atoms with Gasteiger partial charge in [-0.2, -0.15) is 0 Å². The Morgan fingerprint density at radius 1 is 1.12 bits per heavy atom. The highest BCUT2D eigenvalue weighted by atomic mass is 79.9. The first-order valence-electron chi connectivity index (χ1n) is 8.48. The molecule has 0 radical (unpaired) electrons. The summed E-state index contributed by atoms with van der Waals surface area (Å²) in [6.45, 7) is 4.34. The first-order chi connectivity index (χ1) is 12.2. The van der Waals surface area contributed by atoms with Crippen molar-refractivity contribution in [2.45, 2.75) is 0 Å². The maximum atomic E-state index is 10.3. The molecule has 0 aliphatic carbocycles. The van der Waals surface area contributed by atoms with E-state index in [2.05, 4.69) is 41.1 Å². The summed E-state index contributed by atoms with van der Waals surface area (Å²) in [5.74, 6) is 2.09. The van der Waals surface area contributed by atoms with Crippen molar-refractivity contribution >= 4 is 32.5 Å². The number of halogens is 1. The van der Waals surface area contributed by atoms with Crippen LogP contribution in [0.1, 0.15) is 0 Å². The van der Waals surface area contributed by atoms with Gasteiger partial charge in [-0.15, -0.1) is 0 Å². The number of aromatic nitrogens is 3. The number of aromatic amines is 1. The number of nitrogens with zero attached hydrogens (tertiary/aromatic N) is 3. The van der Waals surface area contributed by atoms with Crippen molar-refractivity contribution in [1.82, 2.24) is 20.3 Å². The molecule has 5 rings (SSSR count). The maximum Gasteiger partial charge on any atom is 0.200 e. The van der Waals surface area contributed by atoms with Gasteiger partial charge in [0, 0.05) is 36.0 Å². The molecular weight excluding hydrogens is 382 g/mol. The average Bonchev–Trinajstić information content (AvgIpc) is 3.28. The van der Waals surface area contributed by atoms with Crippen molar-refractivity contribution in [3.8, 4) is 17.3 Å². The Kier molecular flexibility index (Phi) is 3.46. The van der Waals surface area contributed by atoms with E-state index < -0.39 is 0 Å². The van der Waals surface area contributed by atoms with E-state index in [0.717, 1.165) is 59.1 Å². The molecule has 0 amide bonds. The summed E-state index contributed by atoms with van der Waals surface area (Å²) in [6, 6.07) is 5.83. The molecule has 0 saturated carbocycles. The lowest BCUT2D eigenvalue weighted by Crippen LogP contribution is -2.25. The zero-order chi connectivity index (χ0) is 17.0. The van der Waals surface area contributed by atoms with Gasteiger partial charge in [0.2, 0.25) is 5.88 Å². The molecule has 0 spiro atoms. The third-order valence-electron chi connectivity index (χ3n) is 5.38.